The molecule has 33 heavy (non-hydrogen) atoms. The Kier molecular flexibility index (Phi) is 6.31. The first-order valence-corrected chi connectivity index (χ1v) is 11.3. The Morgan fingerprint density at radius 1 is 0.788 bits per heavy atom. The maximum atomic E-state index is 12.4. The van der Waals surface area contributed by atoms with Crippen LogP contribution in [-0.2, 0) is 4.74 Å². The molecule has 1 aliphatic rings. The summed E-state index contributed by atoms with van der Waals surface area (Å²) in [6, 6.07) is 16.5. The molecule has 0 bridgehead atoms. The fourth-order valence-electron chi connectivity index (χ4n) is 3.69. The van der Waals surface area contributed by atoms with Crippen molar-refractivity contribution in [3.05, 3.63) is 59.7 Å². The van der Waals surface area contributed by atoms with Gasteiger partial charge in [0.1, 0.15) is 17.0 Å². The van der Waals surface area contributed by atoms with E-state index in [1.165, 1.54) is 11.1 Å². The number of piperazine rings is 1. The standard InChI is InChI=1S/C26H31N5O2/c1-18-6-10-20(11-7-18)22-23(21-12-8-19(2)9-13-21)28-29-24(27-22)30-14-16-31(17-15-30)25(32)33-26(3,4)5/h6-13H,14-17H2,1-5H3. The van der Waals surface area contributed by atoms with Crippen LogP contribution in [0.25, 0.3) is 22.5 Å². The maximum absolute atomic E-state index is 12.4. The largest absolute Gasteiger partial charge is 0.444 e. The molecule has 0 N–H and O–H groups in total. The van der Waals surface area contributed by atoms with Crippen molar-refractivity contribution >= 4 is 12.0 Å². The molecule has 0 atom stereocenters. The molecule has 0 aliphatic carbocycles. The average Bonchev–Trinajstić information content (AvgIpc) is 2.79. The number of ether oxygens (including phenoxy) is 1. The second-order valence-corrected chi connectivity index (χ2v) is 9.50. The van der Waals surface area contributed by atoms with Crippen LogP contribution in [0.15, 0.2) is 48.5 Å². The van der Waals surface area contributed by atoms with Crippen molar-refractivity contribution in [2.75, 3.05) is 31.1 Å². The van der Waals surface area contributed by atoms with E-state index in [1.807, 2.05) is 20.8 Å². The van der Waals surface area contributed by atoms with Crippen LogP contribution in [0, 0.1) is 13.8 Å². The molecule has 4 rings (SSSR count). The average molecular weight is 446 g/mol. The van der Waals surface area contributed by atoms with E-state index < -0.39 is 5.60 Å². The highest BCUT2D eigenvalue weighted by molar-refractivity contribution is 5.78. The first kappa shape index (κ1) is 22.7. The van der Waals surface area contributed by atoms with Crippen LogP contribution in [0.5, 0.6) is 0 Å². The minimum absolute atomic E-state index is 0.281. The highest BCUT2D eigenvalue weighted by atomic mass is 16.6. The molecule has 1 aliphatic heterocycles. The van der Waals surface area contributed by atoms with Gasteiger partial charge in [-0.05, 0) is 34.6 Å². The third kappa shape index (κ3) is 5.48. The topological polar surface area (TPSA) is 71.5 Å². The monoisotopic (exact) mass is 445 g/mol. The van der Waals surface area contributed by atoms with Crippen molar-refractivity contribution in [2.24, 2.45) is 0 Å². The number of anilines is 1. The fraction of sp³-hybridized carbons (Fsp3) is 0.385. The Morgan fingerprint density at radius 3 is 1.82 bits per heavy atom. The SMILES string of the molecule is Cc1ccc(-c2nnc(N3CCN(C(=O)OC(C)(C)C)CC3)nc2-c2ccc(C)cc2)cc1. The zero-order valence-electron chi connectivity index (χ0n) is 20.0. The molecule has 3 aromatic rings. The lowest BCUT2D eigenvalue weighted by Crippen LogP contribution is -2.50. The summed E-state index contributed by atoms with van der Waals surface area (Å²) in [5.41, 5.74) is 5.42. The lowest BCUT2D eigenvalue weighted by Gasteiger charge is -2.35. The summed E-state index contributed by atoms with van der Waals surface area (Å²) in [5.74, 6) is 0.574. The van der Waals surface area contributed by atoms with Gasteiger partial charge in [-0.2, -0.15) is 0 Å². The first-order chi connectivity index (χ1) is 15.7. The van der Waals surface area contributed by atoms with Crippen LogP contribution in [0.3, 0.4) is 0 Å². The van der Waals surface area contributed by atoms with Gasteiger partial charge in [0.05, 0.1) is 0 Å². The molecular formula is C26H31N5O2. The van der Waals surface area contributed by atoms with Crippen molar-refractivity contribution in [1.82, 2.24) is 20.1 Å². The molecule has 1 aromatic heterocycles. The van der Waals surface area contributed by atoms with Gasteiger partial charge in [-0.15, -0.1) is 10.2 Å². The number of aryl methyl sites for hydroxylation is 2. The third-order valence-electron chi connectivity index (χ3n) is 5.54. The van der Waals surface area contributed by atoms with Crippen molar-refractivity contribution in [2.45, 2.75) is 40.2 Å². The van der Waals surface area contributed by atoms with E-state index in [1.54, 1.807) is 4.90 Å². The lowest BCUT2D eigenvalue weighted by molar-refractivity contribution is 0.0240. The first-order valence-electron chi connectivity index (χ1n) is 11.3. The van der Waals surface area contributed by atoms with E-state index in [0.717, 1.165) is 22.5 Å². The predicted molar refractivity (Wildman–Crippen MR) is 130 cm³/mol. The molecule has 7 heteroatoms. The van der Waals surface area contributed by atoms with Gasteiger partial charge in [0.25, 0.3) is 0 Å². The van der Waals surface area contributed by atoms with E-state index >= 15 is 0 Å². The molecule has 0 radical (unpaired) electrons. The Bertz CT molecular complexity index is 1110. The number of hydrogen-bond donors (Lipinski definition) is 0. The minimum Gasteiger partial charge on any atom is -0.444 e. The highest BCUT2D eigenvalue weighted by Crippen LogP contribution is 2.30. The van der Waals surface area contributed by atoms with Crippen molar-refractivity contribution in [1.29, 1.82) is 0 Å². The van der Waals surface area contributed by atoms with E-state index in [-0.39, 0.29) is 6.09 Å². The van der Waals surface area contributed by atoms with Gasteiger partial charge < -0.3 is 14.5 Å². The molecule has 1 amide bonds. The lowest BCUT2D eigenvalue weighted by atomic mass is 10.0. The summed E-state index contributed by atoms with van der Waals surface area (Å²) in [6.45, 7) is 12.1. The van der Waals surface area contributed by atoms with Gasteiger partial charge in [0.15, 0.2) is 0 Å². The van der Waals surface area contributed by atoms with Gasteiger partial charge >= 0.3 is 6.09 Å². The third-order valence-corrected chi connectivity index (χ3v) is 5.54. The zero-order valence-corrected chi connectivity index (χ0v) is 20.0. The van der Waals surface area contributed by atoms with Gasteiger partial charge in [0.2, 0.25) is 5.95 Å². The normalized spacial score (nSPS) is 14.3. The summed E-state index contributed by atoms with van der Waals surface area (Å²) < 4.78 is 5.50. The second kappa shape index (κ2) is 9.17. The van der Waals surface area contributed by atoms with Crippen LogP contribution in [0.1, 0.15) is 31.9 Å². The van der Waals surface area contributed by atoms with Gasteiger partial charge in [-0.3, -0.25) is 0 Å². The molecule has 172 valence electrons. The number of nitrogens with zero attached hydrogens (tertiary/aromatic N) is 5. The van der Waals surface area contributed by atoms with Crippen molar-refractivity contribution < 1.29 is 9.53 Å². The van der Waals surface area contributed by atoms with Crippen LogP contribution in [0.2, 0.25) is 0 Å². The maximum Gasteiger partial charge on any atom is 0.410 e. The Morgan fingerprint density at radius 2 is 1.30 bits per heavy atom. The van der Waals surface area contributed by atoms with Gasteiger partial charge in [0, 0.05) is 37.3 Å². The number of hydrogen-bond acceptors (Lipinski definition) is 6. The van der Waals surface area contributed by atoms with Gasteiger partial charge in [-0.1, -0.05) is 59.7 Å². The Hall–Kier alpha value is -3.48. The number of benzene rings is 2. The fourth-order valence-corrected chi connectivity index (χ4v) is 3.69. The van der Waals surface area contributed by atoms with Gasteiger partial charge in [-0.25, -0.2) is 9.78 Å². The van der Waals surface area contributed by atoms with E-state index in [2.05, 4.69) is 77.5 Å². The smallest absolute Gasteiger partial charge is 0.410 e. The summed E-state index contributed by atoms with van der Waals surface area (Å²) in [7, 11) is 0. The summed E-state index contributed by atoms with van der Waals surface area (Å²) in [4.78, 5) is 21.1. The van der Waals surface area contributed by atoms with E-state index in [0.29, 0.717) is 32.1 Å². The molecule has 7 nitrogen and oxygen atoms in total. The molecule has 0 unspecified atom stereocenters. The van der Waals surface area contributed by atoms with E-state index in [9.17, 15) is 4.79 Å². The van der Waals surface area contributed by atoms with Crippen molar-refractivity contribution in [3.63, 3.8) is 0 Å². The minimum atomic E-state index is -0.504. The molecular weight excluding hydrogens is 414 g/mol. The molecule has 2 aromatic carbocycles. The number of carbonyl (C=O) groups is 1. The number of rotatable bonds is 3. The molecule has 0 spiro atoms. The number of amides is 1. The Labute approximate surface area is 195 Å². The Balaban J connectivity index is 1.60. The second-order valence-electron chi connectivity index (χ2n) is 9.50. The zero-order chi connectivity index (χ0) is 23.6. The summed E-state index contributed by atoms with van der Waals surface area (Å²) >= 11 is 0. The van der Waals surface area contributed by atoms with Crippen LogP contribution < -0.4 is 4.90 Å². The van der Waals surface area contributed by atoms with Crippen LogP contribution >= 0.6 is 0 Å². The molecule has 1 saturated heterocycles. The van der Waals surface area contributed by atoms with Crippen LogP contribution in [-0.4, -0.2) is 58.0 Å². The predicted octanol–water partition coefficient (Wildman–Crippen LogP) is 4.88. The van der Waals surface area contributed by atoms with E-state index in [4.69, 9.17) is 9.72 Å². The number of aromatic nitrogens is 3. The number of carbonyl (C=O) groups excluding carboxylic acids is 1. The summed E-state index contributed by atoms with van der Waals surface area (Å²) in [5, 5.41) is 9.06. The van der Waals surface area contributed by atoms with Crippen LogP contribution in [0.4, 0.5) is 10.7 Å². The quantitative estimate of drug-likeness (QED) is 0.572. The molecule has 0 saturated carbocycles. The van der Waals surface area contributed by atoms with Crippen molar-refractivity contribution in [3.8, 4) is 22.5 Å². The summed E-state index contributed by atoms with van der Waals surface area (Å²) in [6.07, 6.45) is -0.281. The molecule has 2 heterocycles. The highest BCUT2D eigenvalue weighted by Gasteiger charge is 2.27. The molecule has 1 fully saturated rings.